The van der Waals surface area contributed by atoms with Crippen LogP contribution in [0.4, 0.5) is 4.39 Å². The molecule has 8 rings (SSSR count). The fraction of sp³-hybridized carbons (Fsp3) is 0.482. The second-order valence-corrected chi connectivity index (χ2v) is 20.3. The number of Topliss-reactive ketones (excluding diaryl/α,β-unsaturated/α-hetero) is 2. The van der Waals surface area contributed by atoms with Crippen LogP contribution in [-0.2, 0) is 79.5 Å². The molecule has 0 bridgehead atoms. The number of ketones is 2. The monoisotopic (exact) mass is 1050 g/mol. The van der Waals surface area contributed by atoms with Crippen molar-refractivity contribution < 1.29 is 57.4 Å². The first-order chi connectivity index (χ1) is 36.4. The Labute approximate surface area is 438 Å². The lowest BCUT2D eigenvalue weighted by atomic mass is 9.81. The van der Waals surface area contributed by atoms with Crippen LogP contribution < -0.4 is 26.8 Å². The Balaban J connectivity index is 0.800. The van der Waals surface area contributed by atoms with Crippen LogP contribution in [0.1, 0.15) is 142 Å². The topological polar surface area (TPSA) is 269 Å². The Hall–Kier alpha value is -7.48. The van der Waals surface area contributed by atoms with Gasteiger partial charge in [0.2, 0.25) is 35.4 Å². The Morgan fingerprint density at radius 3 is 2.34 bits per heavy atom. The number of likely N-dealkylation sites (tertiary alicyclic amines) is 1. The number of nitrogens with zero attached hydrogens (tertiary/aromatic N) is 3. The molecule has 1 saturated heterocycles. The van der Waals surface area contributed by atoms with Gasteiger partial charge < -0.3 is 35.7 Å². The summed E-state index contributed by atoms with van der Waals surface area (Å²) in [4.78, 5) is 135. The van der Waals surface area contributed by atoms with Gasteiger partial charge in [-0.05, 0) is 80.2 Å². The van der Waals surface area contributed by atoms with Crippen LogP contribution in [-0.4, -0.2) is 98.2 Å². The number of carbonyl (C=O) groups excluding carboxylic acids is 9. The molecule has 2 aromatic heterocycles. The first-order valence-corrected chi connectivity index (χ1v) is 26.2. The van der Waals surface area contributed by atoms with E-state index in [1.807, 2.05) is 6.07 Å². The highest BCUT2D eigenvalue weighted by molar-refractivity contribution is 6.03. The molecule has 5 N–H and O–H groups in total. The highest BCUT2D eigenvalue weighted by Crippen LogP contribution is 2.46. The number of halogens is 1. The number of aliphatic hydroxyl groups is 1. The van der Waals surface area contributed by atoms with Crippen LogP contribution in [0, 0.1) is 18.7 Å². The molecule has 1 fully saturated rings. The predicted octanol–water partition coefficient (Wildman–Crippen LogP) is 4.02. The van der Waals surface area contributed by atoms with Crippen LogP contribution in [0.5, 0.6) is 0 Å². The van der Waals surface area contributed by atoms with E-state index in [9.17, 15) is 53.1 Å². The zero-order valence-corrected chi connectivity index (χ0v) is 43.1. The van der Waals surface area contributed by atoms with Crippen molar-refractivity contribution in [1.82, 2.24) is 35.7 Å². The fourth-order valence-corrected chi connectivity index (χ4v) is 10.7. The molecule has 4 atom stereocenters. The minimum atomic E-state index is -2.03. The first kappa shape index (κ1) is 54.8. The van der Waals surface area contributed by atoms with Gasteiger partial charge in [0.25, 0.3) is 5.56 Å². The van der Waals surface area contributed by atoms with E-state index in [-0.39, 0.29) is 143 Å². The number of hydrogen-bond acceptors (Lipinski definition) is 13. The number of esters is 1. The molecule has 1 aliphatic carbocycles. The first-order valence-electron chi connectivity index (χ1n) is 26.2. The molecule has 2 aromatic carbocycles. The average molecular weight is 1050 g/mol. The smallest absolute Gasteiger partial charge is 0.343 e. The molecular weight excluding hydrogens is 982 g/mol. The maximum atomic E-state index is 15.4. The van der Waals surface area contributed by atoms with Gasteiger partial charge in [0.1, 0.15) is 12.4 Å². The Morgan fingerprint density at radius 1 is 0.868 bits per heavy atom. The number of fused-ring (bicyclic) bond motifs is 5. The van der Waals surface area contributed by atoms with E-state index in [1.54, 1.807) is 51.1 Å². The van der Waals surface area contributed by atoms with E-state index in [0.717, 1.165) is 16.7 Å². The average Bonchev–Trinajstić information content (AvgIpc) is 3.97. The van der Waals surface area contributed by atoms with Gasteiger partial charge in [-0.15, -0.1) is 0 Å². The lowest BCUT2D eigenvalue weighted by Crippen LogP contribution is -2.44. The number of rotatable bonds is 24. The summed E-state index contributed by atoms with van der Waals surface area (Å²) in [5, 5.41) is 23.3. The van der Waals surface area contributed by atoms with E-state index in [4.69, 9.17) is 9.72 Å². The number of ether oxygens (including phenoxy) is 1. The van der Waals surface area contributed by atoms with Crippen molar-refractivity contribution in [2.45, 2.75) is 148 Å². The maximum Gasteiger partial charge on any atom is 0.343 e. The molecule has 0 radical (unpaired) electrons. The predicted molar refractivity (Wildman–Crippen MR) is 273 cm³/mol. The van der Waals surface area contributed by atoms with Crippen LogP contribution >= 0.6 is 0 Å². The number of amides is 6. The molecule has 3 aliphatic heterocycles. The van der Waals surface area contributed by atoms with E-state index < -0.39 is 46.8 Å². The van der Waals surface area contributed by atoms with Crippen LogP contribution in [0.15, 0.2) is 47.3 Å². The number of hydrogen-bond donors (Lipinski definition) is 5. The van der Waals surface area contributed by atoms with Gasteiger partial charge in [0, 0.05) is 86.5 Å². The van der Waals surface area contributed by atoms with Gasteiger partial charge in [-0.3, -0.25) is 48.1 Å². The molecule has 76 heavy (non-hydrogen) atoms. The van der Waals surface area contributed by atoms with Crippen molar-refractivity contribution in [3.8, 4) is 11.4 Å². The number of imide groups is 1. The lowest BCUT2D eigenvalue weighted by molar-refractivity contribution is -0.172. The number of nitrogens with one attached hydrogen (secondary N) is 4. The van der Waals surface area contributed by atoms with Crippen LogP contribution in [0.2, 0.25) is 0 Å². The molecule has 20 heteroatoms. The van der Waals surface area contributed by atoms with Gasteiger partial charge >= 0.3 is 5.97 Å². The SMILES string of the molecule is CC[C@@]1(O)C(=O)OCc2c1cc1n(c2=O)Cc2c-1nc1cc(F)c(C)c3c1c2[C@@H](NC(=O)CCCNC(=O)CCC(=O)[C@H](Cc1ccccc1)NC(=O)CCC(=O)CNC(=O)CCCCCN1C(=O)CC(C)C1=O)CC3. The molecule has 0 spiro atoms. The molecule has 6 amide bonds. The van der Waals surface area contributed by atoms with Gasteiger partial charge in [-0.1, -0.05) is 50.6 Å². The molecule has 402 valence electrons. The van der Waals surface area contributed by atoms with Crippen LogP contribution in [0.25, 0.3) is 22.3 Å². The summed E-state index contributed by atoms with van der Waals surface area (Å²) >= 11 is 0. The van der Waals surface area contributed by atoms with Crippen molar-refractivity contribution in [2.24, 2.45) is 5.92 Å². The summed E-state index contributed by atoms with van der Waals surface area (Å²) in [7, 11) is 0. The molecule has 4 aromatic rings. The summed E-state index contributed by atoms with van der Waals surface area (Å²) in [5.41, 5.74) is 2.32. The zero-order chi connectivity index (χ0) is 54.4. The summed E-state index contributed by atoms with van der Waals surface area (Å²) in [6, 6.07) is 10.4. The van der Waals surface area contributed by atoms with E-state index >= 15 is 4.39 Å². The number of unbranched alkanes of at least 4 members (excludes halogenated alkanes) is 2. The van der Waals surface area contributed by atoms with Gasteiger partial charge in [0.05, 0.1) is 47.6 Å². The van der Waals surface area contributed by atoms with Crippen molar-refractivity contribution >= 4 is 63.9 Å². The molecular formula is C56H64FN7O12. The second-order valence-electron chi connectivity index (χ2n) is 20.3. The third-order valence-corrected chi connectivity index (χ3v) is 15.1. The quantitative estimate of drug-likeness (QED) is 0.0333. The molecule has 4 aliphatic rings. The molecule has 1 unspecified atom stereocenters. The number of benzene rings is 2. The summed E-state index contributed by atoms with van der Waals surface area (Å²) in [5.74, 6) is -4.32. The van der Waals surface area contributed by atoms with Crippen molar-refractivity contribution in [3.05, 3.63) is 97.6 Å². The van der Waals surface area contributed by atoms with Crippen molar-refractivity contribution in [1.29, 1.82) is 0 Å². The second kappa shape index (κ2) is 23.6. The third-order valence-electron chi connectivity index (χ3n) is 15.1. The van der Waals surface area contributed by atoms with E-state index in [0.29, 0.717) is 72.1 Å². The Kier molecular flexibility index (Phi) is 17.0. The fourth-order valence-electron chi connectivity index (χ4n) is 10.7. The minimum absolute atomic E-state index is 0.0331. The summed E-state index contributed by atoms with van der Waals surface area (Å²) in [6.45, 7) is 5.01. The van der Waals surface area contributed by atoms with E-state index in [2.05, 4.69) is 21.3 Å². The number of carbonyl (C=O) groups is 9. The Bertz CT molecular complexity index is 3080. The van der Waals surface area contributed by atoms with Crippen LogP contribution in [0.3, 0.4) is 0 Å². The maximum absolute atomic E-state index is 15.4. The largest absolute Gasteiger partial charge is 0.458 e. The van der Waals surface area contributed by atoms with Gasteiger partial charge in [0.15, 0.2) is 17.2 Å². The Morgan fingerprint density at radius 2 is 1.61 bits per heavy atom. The third kappa shape index (κ3) is 11.8. The highest BCUT2D eigenvalue weighted by Gasteiger charge is 2.46. The zero-order valence-electron chi connectivity index (χ0n) is 43.1. The summed E-state index contributed by atoms with van der Waals surface area (Å²) in [6.07, 6.45) is 2.62. The molecule has 0 saturated carbocycles. The van der Waals surface area contributed by atoms with Crippen molar-refractivity contribution in [3.63, 3.8) is 0 Å². The number of aryl methyl sites for hydroxylation is 1. The highest BCUT2D eigenvalue weighted by atomic mass is 19.1. The molecule has 19 nitrogen and oxygen atoms in total. The van der Waals surface area contributed by atoms with E-state index in [1.165, 1.54) is 15.5 Å². The number of pyridine rings is 2. The van der Waals surface area contributed by atoms with Gasteiger partial charge in [-0.25, -0.2) is 14.2 Å². The van der Waals surface area contributed by atoms with Gasteiger partial charge in [-0.2, -0.15) is 0 Å². The summed E-state index contributed by atoms with van der Waals surface area (Å²) < 4.78 is 22.1. The standard InChI is InChI=1S/C56H64FN7O12/c1-4-56(75)38-26-43-52-36(29-64(43)54(73)37(38)30-76-55(56)74)51-40(18-17-35-32(3)39(57)27-42(62-52)50(35)51)60-47(69)15-11-22-58-46(68)21-19-44(66)41(25-33-12-7-5-8-13-33)61-48(70)20-16-34(65)28-59-45(67)14-9-6-10-23-63-49(71)24-31(2)53(63)72/h5,7-8,12-13,26-27,31,40-41,75H,4,6,9-11,14-25,28-30H2,1-3H3,(H,58,68)(H,59,67)(H,60,69)(H,61,70)/t31?,40-,41-,56-/m0/s1. The number of aromatic nitrogens is 2. The normalized spacial score (nSPS) is 18.6. The minimum Gasteiger partial charge on any atom is -0.458 e. The lowest BCUT2D eigenvalue weighted by Gasteiger charge is -2.31. The molecule has 5 heterocycles. The number of cyclic esters (lactones) is 1. The van der Waals surface area contributed by atoms with Crippen molar-refractivity contribution in [2.75, 3.05) is 19.6 Å².